The van der Waals surface area contributed by atoms with Crippen LogP contribution in [0.3, 0.4) is 0 Å². The molecule has 0 bridgehead atoms. The first kappa shape index (κ1) is 21.7. The minimum atomic E-state index is -1.01. The molecule has 1 aliphatic rings. The van der Waals surface area contributed by atoms with Gasteiger partial charge in [0.2, 0.25) is 5.91 Å². The van der Waals surface area contributed by atoms with Crippen molar-refractivity contribution in [3.63, 3.8) is 0 Å². The molecule has 5 heteroatoms. The third-order valence-electron chi connectivity index (χ3n) is 4.80. The molecule has 1 aliphatic heterocycles. The number of carbonyl (C=O) groups is 2. The molecule has 1 rings (SSSR count). The number of unbranched alkanes of at least 4 members (excludes halogenated alkanes) is 6. The summed E-state index contributed by atoms with van der Waals surface area (Å²) in [4.78, 5) is 26.0. The van der Waals surface area contributed by atoms with Crippen LogP contribution in [-0.4, -0.2) is 39.8 Å². The summed E-state index contributed by atoms with van der Waals surface area (Å²) in [5.74, 6) is -1.01. The molecule has 0 aromatic rings. The molecule has 0 saturated carbocycles. The molecule has 0 unspecified atom stereocenters. The van der Waals surface area contributed by atoms with E-state index in [1.54, 1.807) is 18.7 Å². The quantitative estimate of drug-likeness (QED) is 0.438. The summed E-state index contributed by atoms with van der Waals surface area (Å²) < 4.78 is 5.70. The van der Waals surface area contributed by atoms with E-state index in [0.717, 1.165) is 19.3 Å². The van der Waals surface area contributed by atoms with Crippen LogP contribution < -0.4 is 0 Å². The Bertz CT molecular complexity index is 459. The standard InChI is InChI=1S/C20H35NO4/c1-5-7-9-10-11-12-13-15-17(22)21-16(14-8-6-2)18(19(23)24)25-20(21,3)4/h6,8,16,18H,5,7,9-15H2,1-4H3,(H,23,24)/b8-6+/t16-,18+/m0/s1. The normalized spacial score (nSPS) is 22.6. The van der Waals surface area contributed by atoms with Gasteiger partial charge >= 0.3 is 5.97 Å². The summed E-state index contributed by atoms with van der Waals surface area (Å²) >= 11 is 0. The fraction of sp³-hybridized carbons (Fsp3) is 0.800. The van der Waals surface area contributed by atoms with Crippen LogP contribution in [0, 0.1) is 0 Å². The number of hydrogen-bond acceptors (Lipinski definition) is 3. The molecule has 0 aromatic heterocycles. The van der Waals surface area contributed by atoms with Gasteiger partial charge in [-0.05, 0) is 33.6 Å². The Balaban J connectivity index is 2.61. The lowest BCUT2D eigenvalue weighted by Crippen LogP contribution is -2.48. The van der Waals surface area contributed by atoms with Crippen molar-refractivity contribution in [2.75, 3.05) is 0 Å². The molecule has 0 aliphatic carbocycles. The van der Waals surface area contributed by atoms with Crippen molar-refractivity contribution < 1.29 is 19.4 Å². The molecule has 2 atom stereocenters. The zero-order valence-electron chi connectivity index (χ0n) is 16.3. The van der Waals surface area contributed by atoms with Crippen LogP contribution in [0.2, 0.25) is 0 Å². The van der Waals surface area contributed by atoms with Gasteiger partial charge in [-0.1, -0.05) is 57.6 Å². The highest BCUT2D eigenvalue weighted by atomic mass is 16.6. The number of hydrogen-bond donors (Lipinski definition) is 1. The maximum absolute atomic E-state index is 12.8. The maximum atomic E-state index is 12.8. The topological polar surface area (TPSA) is 66.8 Å². The first-order valence-corrected chi connectivity index (χ1v) is 9.69. The van der Waals surface area contributed by atoms with Crippen LogP contribution in [0.15, 0.2) is 12.2 Å². The Morgan fingerprint density at radius 2 is 1.72 bits per heavy atom. The Labute approximate surface area is 152 Å². The van der Waals surface area contributed by atoms with Crippen molar-refractivity contribution in [3.8, 4) is 0 Å². The molecular formula is C20H35NO4. The van der Waals surface area contributed by atoms with E-state index >= 15 is 0 Å². The largest absolute Gasteiger partial charge is 0.479 e. The third-order valence-corrected chi connectivity index (χ3v) is 4.80. The first-order valence-electron chi connectivity index (χ1n) is 9.69. The van der Waals surface area contributed by atoms with Gasteiger partial charge in [0.05, 0.1) is 6.04 Å². The van der Waals surface area contributed by atoms with Crippen molar-refractivity contribution in [3.05, 3.63) is 12.2 Å². The van der Waals surface area contributed by atoms with Gasteiger partial charge in [0.15, 0.2) is 6.10 Å². The van der Waals surface area contributed by atoms with Gasteiger partial charge in [-0.25, -0.2) is 4.79 Å². The van der Waals surface area contributed by atoms with Crippen LogP contribution in [0.5, 0.6) is 0 Å². The SMILES string of the molecule is C/C=C/C[C@H]1[C@H](C(=O)O)OC(C)(C)N1C(=O)CCCCCCCCC. The summed E-state index contributed by atoms with van der Waals surface area (Å²) in [6.07, 6.45) is 11.8. The van der Waals surface area contributed by atoms with Gasteiger partial charge in [-0.2, -0.15) is 0 Å². The number of nitrogens with zero attached hydrogens (tertiary/aromatic N) is 1. The van der Waals surface area contributed by atoms with E-state index in [-0.39, 0.29) is 5.91 Å². The van der Waals surface area contributed by atoms with Crippen LogP contribution in [-0.2, 0) is 14.3 Å². The molecule has 25 heavy (non-hydrogen) atoms. The number of ether oxygens (including phenoxy) is 1. The molecule has 0 aromatic carbocycles. The van der Waals surface area contributed by atoms with E-state index in [4.69, 9.17) is 4.74 Å². The molecule has 1 N–H and O–H groups in total. The third kappa shape index (κ3) is 6.46. The van der Waals surface area contributed by atoms with Gasteiger partial charge in [-0.15, -0.1) is 0 Å². The van der Waals surface area contributed by atoms with Crippen molar-refractivity contribution in [1.82, 2.24) is 4.90 Å². The molecule has 1 fully saturated rings. The molecular weight excluding hydrogens is 318 g/mol. The molecule has 1 heterocycles. The Morgan fingerprint density at radius 1 is 1.12 bits per heavy atom. The zero-order chi connectivity index (χ0) is 18.9. The van der Waals surface area contributed by atoms with E-state index in [9.17, 15) is 14.7 Å². The highest BCUT2D eigenvalue weighted by Gasteiger charge is 2.51. The summed E-state index contributed by atoms with van der Waals surface area (Å²) in [6.45, 7) is 7.65. The second-order valence-electron chi connectivity index (χ2n) is 7.33. The zero-order valence-corrected chi connectivity index (χ0v) is 16.3. The lowest BCUT2D eigenvalue weighted by molar-refractivity contribution is -0.159. The second kappa shape index (κ2) is 10.6. The summed E-state index contributed by atoms with van der Waals surface area (Å²) in [7, 11) is 0. The van der Waals surface area contributed by atoms with Crippen LogP contribution >= 0.6 is 0 Å². The van der Waals surface area contributed by atoms with Gasteiger partial charge in [0, 0.05) is 6.42 Å². The average molecular weight is 354 g/mol. The summed E-state index contributed by atoms with van der Waals surface area (Å²) in [5, 5.41) is 9.44. The minimum absolute atomic E-state index is 0.00295. The highest BCUT2D eigenvalue weighted by Crippen LogP contribution is 2.35. The van der Waals surface area contributed by atoms with Crippen LogP contribution in [0.1, 0.15) is 85.5 Å². The van der Waals surface area contributed by atoms with E-state index in [1.807, 2.05) is 19.1 Å². The number of carboxylic acid groups (broad SMARTS) is 1. The molecule has 1 amide bonds. The Hall–Kier alpha value is -1.36. The van der Waals surface area contributed by atoms with E-state index in [0.29, 0.717) is 12.8 Å². The fourth-order valence-electron chi connectivity index (χ4n) is 3.54. The molecule has 1 saturated heterocycles. The Morgan fingerprint density at radius 3 is 2.28 bits per heavy atom. The maximum Gasteiger partial charge on any atom is 0.335 e. The number of allylic oxidation sites excluding steroid dienone is 1. The van der Waals surface area contributed by atoms with E-state index < -0.39 is 23.8 Å². The lowest BCUT2D eigenvalue weighted by Gasteiger charge is -2.33. The summed E-state index contributed by atoms with van der Waals surface area (Å²) in [5.41, 5.74) is -0.881. The number of carboxylic acids is 1. The number of amides is 1. The fourth-order valence-corrected chi connectivity index (χ4v) is 3.54. The monoisotopic (exact) mass is 353 g/mol. The average Bonchev–Trinajstić information content (AvgIpc) is 2.82. The van der Waals surface area contributed by atoms with Crippen LogP contribution in [0.25, 0.3) is 0 Å². The molecule has 5 nitrogen and oxygen atoms in total. The van der Waals surface area contributed by atoms with Crippen LogP contribution in [0.4, 0.5) is 0 Å². The smallest absolute Gasteiger partial charge is 0.335 e. The van der Waals surface area contributed by atoms with Gasteiger partial charge in [0.1, 0.15) is 5.72 Å². The highest BCUT2D eigenvalue weighted by molar-refractivity contribution is 5.81. The number of rotatable bonds is 11. The minimum Gasteiger partial charge on any atom is -0.479 e. The Kier molecular flexibility index (Phi) is 9.19. The van der Waals surface area contributed by atoms with Gasteiger partial charge in [-0.3, -0.25) is 4.79 Å². The van der Waals surface area contributed by atoms with Gasteiger partial charge < -0.3 is 14.7 Å². The molecule has 144 valence electrons. The second-order valence-corrected chi connectivity index (χ2v) is 7.33. The number of carbonyl (C=O) groups excluding carboxylic acids is 1. The van der Waals surface area contributed by atoms with Crippen molar-refractivity contribution in [2.24, 2.45) is 0 Å². The molecule has 0 spiro atoms. The summed E-state index contributed by atoms with van der Waals surface area (Å²) in [6, 6.07) is -0.444. The predicted molar refractivity (Wildman–Crippen MR) is 99.3 cm³/mol. The predicted octanol–water partition coefficient (Wildman–Crippen LogP) is 4.51. The van der Waals surface area contributed by atoms with Crippen molar-refractivity contribution >= 4 is 11.9 Å². The van der Waals surface area contributed by atoms with Gasteiger partial charge in [0.25, 0.3) is 0 Å². The first-order chi connectivity index (χ1) is 11.8. The van der Waals surface area contributed by atoms with Crippen molar-refractivity contribution in [1.29, 1.82) is 0 Å². The van der Waals surface area contributed by atoms with Crippen molar-refractivity contribution in [2.45, 2.75) is 103 Å². The van der Waals surface area contributed by atoms with E-state index in [2.05, 4.69) is 6.92 Å². The number of aliphatic carboxylic acids is 1. The lowest BCUT2D eigenvalue weighted by atomic mass is 10.0. The molecule has 0 radical (unpaired) electrons. The van der Waals surface area contributed by atoms with E-state index in [1.165, 1.54) is 25.7 Å².